The molecule has 2 N–H and O–H groups in total. The van der Waals surface area contributed by atoms with Crippen molar-refractivity contribution in [2.75, 3.05) is 5.32 Å². The van der Waals surface area contributed by atoms with Crippen LogP contribution in [0, 0.1) is 5.82 Å². The molecule has 21 heavy (non-hydrogen) atoms. The van der Waals surface area contributed by atoms with E-state index >= 15 is 0 Å². The van der Waals surface area contributed by atoms with E-state index in [1.54, 1.807) is 11.6 Å². The molecule has 1 atom stereocenters. The van der Waals surface area contributed by atoms with Gasteiger partial charge >= 0.3 is 5.97 Å². The van der Waals surface area contributed by atoms with Crippen LogP contribution in [0.2, 0.25) is 0 Å². The zero-order valence-electron chi connectivity index (χ0n) is 11.0. The smallest absolute Gasteiger partial charge is 0.303 e. The summed E-state index contributed by atoms with van der Waals surface area (Å²) < 4.78 is 12.9. The van der Waals surface area contributed by atoms with E-state index in [1.807, 2.05) is 0 Å². The van der Waals surface area contributed by atoms with Crippen molar-refractivity contribution in [2.24, 2.45) is 0 Å². The lowest BCUT2D eigenvalue weighted by molar-refractivity contribution is -0.137. The monoisotopic (exact) mass is 308 g/mol. The van der Waals surface area contributed by atoms with Crippen molar-refractivity contribution < 1.29 is 19.1 Å². The Morgan fingerprint density at radius 2 is 2.00 bits per heavy atom. The fourth-order valence-electron chi connectivity index (χ4n) is 1.93. The normalized spacial score (nSPS) is 11.9. The lowest BCUT2D eigenvalue weighted by atomic mass is 9.92. The van der Waals surface area contributed by atoms with E-state index in [-0.39, 0.29) is 18.7 Å². The summed E-state index contributed by atoms with van der Waals surface area (Å²) in [5.41, 5.74) is 0.619. The van der Waals surface area contributed by atoms with E-state index in [4.69, 9.17) is 5.11 Å². The topological polar surface area (TPSA) is 79.3 Å². The Morgan fingerprint density at radius 3 is 2.57 bits per heavy atom. The first kappa shape index (κ1) is 15.1. The van der Waals surface area contributed by atoms with Gasteiger partial charge in [0.25, 0.3) is 0 Å². The van der Waals surface area contributed by atoms with E-state index in [9.17, 15) is 14.0 Å². The highest BCUT2D eigenvalue weighted by molar-refractivity contribution is 7.13. The molecule has 0 aliphatic rings. The van der Waals surface area contributed by atoms with Gasteiger partial charge in [0.15, 0.2) is 5.13 Å². The van der Waals surface area contributed by atoms with Gasteiger partial charge in [-0.3, -0.25) is 9.59 Å². The molecule has 110 valence electrons. The fraction of sp³-hybridized carbons (Fsp3) is 0.214. The van der Waals surface area contributed by atoms with Crippen molar-refractivity contribution in [3.63, 3.8) is 0 Å². The second-order valence-electron chi connectivity index (χ2n) is 4.44. The molecule has 0 radical (unpaired) electrons. The molecule has 2 rings (SSSR count). The SMILES string of the molecule is O=C(O)C[C@H](CC(=O)Nc1nccs1)c1ccc(F)cc1. The number of amides is 1. The molecule has 1 amide bonds. The van der Waals surface area contributed by atoms with Gasteiger partial charge in [-0.15, -0.1) is 11.3 Å². The molecule has 0 saturated carbocycles. The highest BCUT2D eigenvalue weighted by atomic mass is 32.1. The van der Waals surface area contributed by atoms with Crippen LogP contribution in [0.4, 0.5) is 9.52 Å². The summed E-state index contributed by atoms with van der Waals surface area (Å²) in [4.78, 5) is 26.8. The van der Waals surface area contributed by atoms with Gasteiger partial charge in [0.1, 0.15) is 5.82 Å². The summed E-state index contributed by atoms with van der Waals surface area (Å²) in [6, 6.07) is 5.51. The minimum Gasteiger partial charge on any atom is -0.481 e. The molecule has 5 nitrogen and oxygen atoms in total. The van der Waals surface area contributed by atoms with Gasteiger partial charge in [-0.05, 0) is 17.7 Å². The van der Waals surface area contributed by atoms with Crippen molar-refractivity contribution in [2.45, 2.75) is 18.8 Å². The largest absolute Gasteiger partial charge is 0.481 e. The maximum Gasteiger partial charge on any atom is 0.303 e. The summed E-state index contributed by atoms with van der Waals surface area (Å²) in [6.07, 6.45) is 1.36. The Balaban J connectivity index is 2.07. The van der Waals surface area contributed by atoms with Crippen LogP contribution in [-0.4, -0.2) is 22.0 Å². The molecule has 1 heterocycles. The Labute approximate surface area is 124 Å². The summed E-state index contributed by atoms with van der Waals surface area (Å²) >= 11 is 1.28. The third kappa shape index (κ3) is 4.64. The van der Waals surface area contributed by atoms with E-state index in [2.05, 4.69) is 10.3 Å². The first-order chi connectivity index (χ1) is 10.0. The summed E-state index contributed by atoms with van der Waals surface area (Å²) in [7, 11) is 0. The summed E-state index contributed by atoms with van der Waals surface area (Å²) in [6.45, 7) is 0. The Morgan fingerprint density at radius 1 is 1.29 bits per heavy atom. The molecule has 1 aromatic carbocycles. The average molecular weight is 308 g/mol. The maximum atomic E-state index is 12.9. The molecular formula is C14H13FN2O3S. The van der Waals surface area contributed by atoms with Crippen molar-refractivity contribution >= 4 is 28.3 Å². The number of carboxylic acid groups (broad SMARTS) is 1. The maximum absolute atomic E-state index is 12.9. The number of aliphatic carboxylic acids is 1. The number of nitrogens with zero attached hydrogens (tertiary/aromatic N) is 1. The minimum atomic E-state index is -1.01. The van der Waals surface area contributed by atoms with Gasteiger partial charge < -0.3 is 10.4 Å². The Hall–Kier alpha value is -2.28. The molecule has 7 heteroatoms. The summed E-state index contributed by atoms with van der Waals surface area (Å²) in [5, 5.41) is 13.8. The van der Waals surface area contributed by atoms with Crippen molar-refractivity contribution in [3.8, 4) is 0 Å². The van der Waals surface area contributed by atoms with Crippen molar-refractivity contribution in [3.05, 3.63) is 47.2 Å². The molecule has 0 saturated heterocycles. The number of nitrogens with one attached hydrogen (secondary N) is 1. The van der Waals surface area contributed by atoms with Crippen molar-refractivity contribution in [1.82, 2.24) is 4.98 Å². The predicted octanol–water partition coefficient (Wildman–Crippen LogP) is 2.87. The van der Waals surface area contributed by atoms with E-state index < -0.39 is 17.7 Å². The van der Waals surface area contributed by atoms with E-state index in [1.165, 1.54) is 35.6 Å². The number of carbonyl (C=O) groups is 2. The first-order valence-corrected chi connectivity index (χ1v) is 7.09. The van der Waals surface area contributed by atoms with Gasteiger partial charge in [0, 0.05) is 23.9 Å². The van der Waals surface area contributed by atoms with Gasteiger partial charge in [0.05, 0.1) is 6.42 Å². The van der Waals surface area contributed by atoms with Gasteiger partial charge in [-0.25, -0.2) is 9.37 Å². The third-order valence-electron chi connectivity index (χ3n) is 2.87. The van der Waals surface area contributed by atoms with E-state index in [0.717, 1.165) is 0 Å². The minimum absolute atomic E-state index is 0.00247. The number of carboxylic acids is 1. The average Bonchev–Trinajstić information content (AvgIpc) is 2.91. The van der Waals surface area contributed by atoms with Crippen LogP contribution in [0.15, 0.2) is 35.8 Å². The second-order valence-corrected chi connectivity index (χ2v) is 5.33. The first-order valence-electron chi connectivity index (χ1n) is 6.21. The van der Waals surface area contributed by atoms with Crippen LogP contribution in [0.5, 0.6) is 0 Å². The fourth-order valence-corrected chi connectivity index (χ4v) is 2.48. The van der Waals surface area contributed by atoms with Crippen LogP contribution in [0.3, 0.4) is 0 Å². The Kier molecular flexibility index (Phi) is 4.99. The molecular weight excluding hydrogens is 295 g/mol. The van der Waals surface area contributed by atoms with Gasteiger partial charge in [-0.1, -0.05) is 12.1 Å². The van der Waals surface area contributed by atoms with Crippen molar-refractivity contribution in [1.29, 1.82) is 0 Å². The third-order valence-corrected chi connectivity index (χ3v) is 3.56. The predicted molar refractivity (Wildman–Crippen MR) is 76.8 cm³/mol. The standard InChI is InChI=1S/C14H13FN2O3S/c15-11-3-1-9(2-4-11)10(8-13(19)20)7-12(18)17-14-16-5-6-21-14/h1-6,10H,7-8H2,(H,19,20)(H,16,17,18)/t10-/m0/s1. The van der Waals surface area contributed by atoms with Crippen LogP contribution in [-0.2, 0) is 9.59 Å². The van der Waals surface area contributed by atoms with Crippen LogP contribution in [0.1, 0.15) is 24.3 Å². The molecule has 0 aliphatic heterocycles. The molecule has 0 fully saturated rings. The molecule has 0 unspecified atom stereocenters. The Bertz CT molecular complexity index is 614. The van der Waals surface area contributed by atoms with Crippen LogP contribution < -0.4 is 5.32 Å². The number of carbonyl (C=O) groups excluding carboxylic acids is 1. The number of halogens is 1. The quantitative estimate of drug-likeness (QED) is 0.860. The van der Waals surface area contributed by atoms with Gasteiger partial charge in [0.2, 0.25) is 5.91 Å². The zero-order valence-corrected chi connectivity index (χ0v) is 11.8. The number of aromatic nitrogens is 1. The van der Waals surface area contributed by atoms with E-state index in [0.29, 0.717) is 10.7 Å². The van der Waals surface area contributed by atoms with Crippen LogP contribution in [0.25, 0.3) is 0 Å². The number of hydrogen-bond donors (Lipinski definition) is 2. The number of benzene rings is 1. The summed E-state index contributed by atoms with van der Waals surface area (Å²) in [5.74, 6) is -2.24. The lowest BCUT2D eigenvalue weighted by Crippen LogP contribution is -2.17. The van der Waals surface area contributed by atoms with Crippen LogP contribution >= 0.6 is 11.3 Å². The molecule has 0 aliphatic carbocycles. The molecule has 1 aromatic heterocycles. The lowest BCUT2D eigenvalue weighted by Gasteiger charge is -2.14. The second kappa shape index (κ2) is 6.94. The number of hydrogen-bond acceptors (Lipinski definition) is 4. The highest BCUT2D eigenvalue weighted by Crippen LogP contribution is 2.25. The molecule has 2 aromatic rings. The highest BCUT2D eigenvalue weighted by Gasteiger charge is 2.20. The number of thiazole rings is 1. The number of anilines is 1. The zero-order chi connectivity index (χ0) is 15.2. The molecule has 0 bridgehead atoms. The molecule has 0 spiro atoms. The number of rotatable bonds is 6. The van der Waals surface area contributed by atoms with Gasteiger partial charge in [-0.2, -0.15) is 0 Å².